The van der Waals surface area contributed by atoms with Gasteiger partial charge in [0.05, 0.1) is 19.1 Å². The lowest BCUT2D eigenvalue weighted by Gasteiger charge is -2.35. The zero-order chi connectivity index (χ0) is 38.9. The lowest BCUT2D eigenvalue weighted by atomic mass is 9.85. The molecule has 0 aromatic heterocycles. The number of halogens is 2. The zero-order valence-corrected chi connectivity index (χ0v) is 30.9. The molecule has 14 nitrogen and oxygen atoms in total. The van der Waals surface area contributed by atoms with Crippen molar-refractivity contribution in [3.8, 4) is 0 Å². The van der Waals surface area contributed by atoms with Crippen LogP contribution in [0.3, 0.4) is 0 Å². The Morgan fingerprint density at radius 1 is 0.961 bits per heavy atom. The summed E-state index contributed by atoms with van der Waals surface area (Å²) in [6.45, 7) is 9.67. The van der Waals surface area contributed by atoms with Crippen LogP contribution >= 0.6 is 0 Å². The molecular formula is C35H52F2N6O8. The Morgan fingerprint density at radius 3 is 2.10 bits per heavy atom. The maximum absolute atomic E-state index is 14.8. The van der Waals surface area contributed by atoms with Crippen LogP contribution in [-0.4, -0.2) is 108 Å². The number of amides is 6. The van der Waals surface area contributed by atoms with Crippen LogP contribution in [0.15, 0.2) is 30.3 Å². The highest BCUT2D eigenvalue weighted by molar-refractivity contribution is 6.38. The summed E-state index contributed by atoms with van der Waals surface area (Å²) in [6.07, 6.45) is -1.11. The van der Waals surface area contributed by atoms with E-state index in [1.165, 1.54) is 19.0 Å². The maximum atomic E-state index is 14.8. The number of Topliss-reactive ketones (excluding diaryl/α,β-unsaturated/α-hetero) is 1. The van der Waals surface area contributed by atoms with E-state index in [4.69, 9.17) is 4.74 Å². The molecule has 1 unspecified atom stereocenters. The van der Waals surface area contributed by atoms with Crippen LogP contribution in [0.1, 0.15) is 85.8 Å². The minimum Gasteiger partial charge on any atom is -0.444 e. The summed E-state index contributed by atoms with van der Waals surface area (Å²) in [5.74, 6) is -9.06. The molecule has 1 saturated heterocycles. The molecule has 1 aliphatic heterocycles. The highest BCUT2D eigenvalue weighted by Crippen LogP contribution is 2.34. The number of nitrogens with one attached hydrogen (secondary N) is 4. The van der Waals surface area contributed by atoms with Gasteiger partial charge >= 0.3 is 6.09 Å². The molecule has 2 rings (SSSR count). The first kappa shape index (κ1) is 42.5. The Labute approximate surface area is 297 Å². The number of rotatable bonds is 14. The molecule has 1 aliphatic rings. The van der Waals surface area contributed by atoms with Crippen LogP contribution in [0, 0.1) is 5.41 Å². The number of alkyl carbamates (subject to hydrolysis) is 1. The molecule has 0 bridgehead atoms. The molecule has 1 fully saturated rings. The van der Waals surface area contributed by atoms with Gasteiger partial charge in [-0.1, -0.05) is 70.9 Å². The average molecular weight is 723 g/mol. The van der Waals surface area contributed by atoms with Crippen molar-refractivity contribution in [3.05, 3.63) is 35.9 Å². The summed E-state index contributed by atoms with van der Waals surface area (Å²) in [6, 6.07) is 2.79. The first-order valence-corrected chi connectivity index (χ1v) is 16.8. The largest absolute Gasteiger partial charge is 0.444 e. The fraction of sp³-hybridized carbons (Fsp3) is 0.629. The molecule has 6 amide bonds. The molecule has 1 aromatic carbocycles. The van der Waals surface area contributed by atoms with Crippen molar-refractivity contribution in [1.29, 1.82) is 0 Å². The highest BCUT2D eigenvalue weighted by Gasteiger charge is 2.53. The SMILES string of the molecule is CCCCC(NC(=O)[C@@H]1CC(F)(F)CN1C(=O)[C@@H](NC(=O)OC(C)(C)C)C(C)(C)C)C(=O)C(=O)NCC(=O)N[C@H](C(=O)N(C)C)c1ccccc1. The average Bonchev–Trinajstić information content (AvgIpc) is 3.36. The summed E-state index contributed by atoms with van der Waals surface area (Å²) in [7, 11) is 3.03. The third kappa shape index (κ3) is 12.9. The second kappa shape index (κ2) is 17.5. The van der Waals surface area contributed by atoms with E-state index in [-0.39, 0.29) is 6.42 Å². The molecule has 0 radical (unpaired) electrons. The van der Waals surface area contributed by atoms with Crippen molar-refractivity contribution in [2.24, 2.45) is 5.41 Å². The summed E-state index contributed by atoms with van der Waals surface area (Å²) in [5.41, 5.74) is -1.41. The Balaban J connectivity index is 2.21. The number of benzene rings is 1. The van der Waals surface area contributed by atoms with Crippen LogP contribution in [0.5, 0.6) is 0 Å². The summed E-state index contributed by atoms with van der Waals surface area (Å²) in [4.78, 5) is 93.5. The van der Waals surface area contributed by atoms with E-state index in [9.17, 15) is 42.3 Å². The fourth-order valence-electron chi connectivity index (χ4n) is 5.28. The number of likely N-dealkylation sites (tertiary alicyclic amines) is 1. The third-order valence-corrected chi connectivity index (χ3v) is 7.87. The molecule has 284 valence electrons. The maximum Gasteiger partial charge on any atom is 0.408 e. The Hall–Kier alpha value is -4.63. The monoisotopic (exact) mass is 722 g/mol. The topological polar surface area (TPSA) is 183 Å². The van der Waals surface area contributed by atoms with E-state index in [1.54, 1.807) is 78.8 Å². The van der Waals surface area contributed by atoms with Gasteiger partial charge in [-0.2, -0.15) is 0 Å². The van der Waals surface area contributed by atoms with Crippen LogP contribution in [-0.2, 0) is 33.5 Å². The number of carbonyl (C=O) groups excluding carboxylic acids is 7. The molecular weight excluding hydrogens is 670 g/mol. The minimum absolute atomic E-state index is 0.0318. The predicted molar refractivity (Wildman–Crippen MR) is 183 cm³/mol. The smallest absolute Gasteiger partial charge is 0.408 e. The van der Waals surface area contributed by atoms with Crippen LogP contribution in [0.2, 0.25) is 0 Å². The molecule has 0 aliphatic carbocycles. The van der Waals surface area contributed by atoms with E-state index in [0.717, 1.165) is 0 Å². The van der Waals surface area contributed by atoms with Gasteiger partial charge in [0.1, 0.15) is 23.7 Å². The molecule has 51 heavy (non-hydrogen) atoms. The standard InChI is InChI=1S/C35H52F2N6O8/c1-10-11-17-22(26(45)29(47)38-19-24(44)40-25(30(48)42(8)9)21-15-13-12-14-16-21)39-28(46)23-18-35(36,37)20-43(23)31(49)27(33(2,3)4)41-32(50)51-34(5,6)7/h12-16,22-23,25,27H,10-11,17-20H2,1-9H3,(H,38,47)(H,39,46)(H,40,44)(H,41,50)/t22?,23-,25-,27+/m0/s1. The molecule has 0 saturated carbocycles. The molecule has 1 aromatic rings. The van der Waals surface area contributed by atoms with Crippen molar-refractivity contribution in [2.45, 2.75) is 110 Å². The quantitative estimate of drug-likeness (QED) is 0.211. The van der Waals surface area contributed by atoms with Gasteiger partial charge in [-0.25, -0.2) is 13.6 Å². The van der Waals surface area contributed by atoms with Gasteiger partial charge in [0.2, 0.25) is 29.4 Å². The lowest BCUT2D eigenvalue weighted by molar-refractivity contribution is -0.144. The van der Waals surface area contributed by atoms with E-state index in [0.29, 0.717) is 23.3 Å². The number of hydrogen-bond donors (Lipinski definition) is 4. The van der Waals surface area contributed by atoms with Crippen LogP contribution < -0.4 is 21.3 Å². The highest BCUT2D eigenvalue weighted by atomic mass is 19.3. The number of ether oxygens (including phenoxy) is 1. The van der Waals surface area contributed by atoms with Gasteiger partial charge in [-0.3, -0.25) is 28.8 Å². The van der Waals surface area contributed by atoms with Crippen molar-refractivity contribution < 1.29 is 47.1 Å². The Morgan fingerprint density at radius 2 is 1.57 bits per heavy atom. The molecule has 0 spiro atoms. The summed E-state index contributed by atoms with van der Waals surface area (Å²) < 4.78 is 34.9. The van der Waals surface area contributed by atoms with E-state index < -0.39 is 102 Å². The third-order valence-electron chi connectivity index (χ3n) is 7.87. The number of ketones is 1. The number of hydrogen-bond acceptors (Lipinski definition) is 8. The summed E-state index contributed by atoms with van der Waals surface area (Å²) in [5, 5.41) is 9.56. The van der Waals surface area contributed by atoms with Crippen molar-refractivity contribution in [1.82, 2.24) is 31.1 Å². The van der Waals surface area contributed by atoms with Gasteiger partial charge in [0.25, 0.3) is 11.8 Å². The van der Waals surface area contributed by atoms with Gasteiger partial charge in [-0.05, 0) is 38.2 Å². The molecule has 16 heteroatoms. The number of nitrogens with zero attached hydrogens (tertiary/aromatic N) is 2. The van der Waals surface area contributed by atoms with Gasteiger partial charge in [0, 0.05) is 20.5 Å². The number of alkyl halides is 2. The number of likely N-dealkylation sites (N-methyl/N-ethyl adjacent to an activating group) is 1. The number of carbonyl (C=O) groups is 7. The number of unbranched alkanes of at least 4 members (excludes halogenated alkanes) is 1. The predicted octanol–water partition coefficient (Wildman–Crippen LogP) is 2.47. The zero-order valence-electron chi connectivity index (χ0n) is 30.9. The first-order valence-electron chi connectivity index (χ1n) is 16.8. The van der Waals surface area contributed by atoms with Gasteiger partial charge in [0.15, 0.2) is 0 Å². The Kier molecular flexibility index (Phi) is 14.6. The molecule has 4 atom stereocenters. The molecule has 4 N–H and O–H groups in total. The van der Waals surface area contributed by atoms with Crippen molar-refractivity contribution in [3.63, 3.8) is 0 Å². The Bertz CT molecular complexity index is 1440. The minimum atomic E-state index is -3.47. The van der Waals surface area contributed by atoms with E-state index >= 15 is 0 Å². The van der Waals surface area contributed by atoms with Gasteiger partial charge in [-0.15, -0.1) is 0 Å². The normalized spacial score (nSPS) is 17.3. The van der Waals surface area contributed by atoms with E-state index in [1.807, 2.05) is 0 Å². The van der Waals surface area contributed by atoms with Gasteiger partial charge < -0.3 is 35.8 Å². The molecule has 1 heterocycles. The summed E-state index contributed by atoms with van der Waals surface area (Å²) >= 11 is 0. The second-order valence-corrected chi connectivity index (χ2v) is 14.9. The van der Waals surface area contributed by atoms with E-state index in [2.05, 4.69) is 21.3 Å². The van der Waals surface area contributed by atoms with Crippen molar-refractivity contribution in [2.75, 3.05) is 27.2 Å². The fourth-order valence-corrected chi connectivity index (χ4v) is 5.28. The first-order chi connectivity index (χ1) is 23.5. The second-order valence-electron chi connectivity index (χ2n) is 14.9. The van der Waals surface area contributed by atoms with Crippen molar-refractivity contribution >= 4 is 41.4 Å². The lowest BCUT2D eigenvalue weighted by Crippen LogP contribution is -2.59. The van der Waals surface area contributed by atoms with Crippen LogP contribution in [0.4, 0.5) is 13.6 Å². The van der Waals surface area contributed by atoms with Crippen LogP contribution in [0.25, 0.3) is 0 Å².